The summed E-state index contributed by atoms with van der Waals surface area (Å²) in [7, 11) is 1.63. The molecular formula is C13H22N4O3S. The molecule has 0 saturated carbocycles. The summed E-state index contributed by atoms with van der Waals surface area (Å²) >= 11 is 1.44. The Morgan fingerprint density at radius 1 is 1.57 bits per heavy atom. The van der Waals surface area contributed by atoms with Crippen molar-refractivity contribution in [2.45, 2.75) is 32.3 Å². The first kappa shape index (κ1) is 16.1. The summed E-state index contributed by atoms with van der Waals surface area (Å²) in [6, 6.07) is -0.155. The van der Waals surface area contributed by atoms with Gasteiger partial charge in [0.25, 0.3) is 0 Å². The van der Waals surface area contributed by atoms with E-state index in [1.54, 1.807) is 12.0 Å². The average molecular weight is 314 g/mol. The van der Waals surface area contributed by atoms with Crippen LogP contribution in [0.15, 0.2) is 0 Å². The first-order chi connectivity index (χ1) is 10.2. The van der Waals surface area contributed by atoms with Crippen molar-refractivity contribution in [3.63, 3.8) is 0 Å². The number of hydrogen-bond acceptors (Lipinski definition) is 6. The van der Waals surface area contributed by atoms with Crippen LogP contribution in [0.3, 0.4) is 0 Å². The number of nitrogens with one attached hydrogen (secondary N) is 1. The Labute approximate surface area is 128 Å². The molecule has 1 aliphatic heterocycles. The van der Waals surface area contributed by atoms with E-state index in [-0.39, 0.29) is 12.1 Å². The molecule has 2 amide bonds. The van der Waals surface area contributed by atoms with E-state index in [2.05, 4.69) is 22.4 Å². The Hall–Kier alpha value is -1.25. The summed E-state index contributed by atoms with van der Waals surface area (Å²) in [5.74, 6) is 0. The summed E-state index contributed by atoms with van der Waals surface area (Å²) in [5, 5.41) is 12.4. The fourth-order valence-corrected chi connectivity index (χ4v) is 2.87. The zero-order valence-corrected chi connectivity index (χ0v) is 13.3. The number of carbonyl (C=O) groups excluding carboxylic acids is 1. The number of aryl methyl sites for hydroxylation is 1. The number of urea groups is 1. The van der Waals surface area contributed by atoms with Crippen molar-refractivity contribution in [2.24, 2.45) is 0 Å². The van der Waals surface area contributed by atoms with Crippen LogP contribution in [0.4, 0.5) is 9.93 Å². The van der Waals surface area contributed by atoms with E-state index in [0.717, 1.165) is 24.3 Å². The number of amides is 2. The number of carbonyl (C=O) groups is 1. The van der Waals surface area contributed by atoms with E-state index < -0.39 is 0 Å². The number of nitrogens with zero attached hydrogens (tertiary/aromatic N) is 3. The average Bonchev–Trinajstić information content (AvgIpc) is 2.93. The second kappa shape index (κ2) is 8.26. The SMILES string of the molecule is CCCCc1nnc(NC(=O)N2CCOC(COC)C2)s1. The molecule has 2 rings (SSSR count). The summed E-state index contributed by atoms with van der Waals surface area (Å²) in [4.78, 5) is 13.9. The summed E-state index contributed by atoms with van der Waals surface area (Å²) in [5.41, 5.74) is 0. The van der Waals surface area contributed by atoms with Crippen LogP contribution < -0.4 is 5.32 Å². The molecule has 1 aliphatic rings. The molecule has 0 spiro atoms. The van der Waals surface area contributed by atoms with Crippen molar-refractivity contribution >= 4 is 22.5 Å². The molecule has 0 bridgehead atoms. The van der Waals surface area contributed by atoms with Crippen LogP contribution in [0, 0.1) is 0 Å². The molecule has 7 nitrogen and oxygen atoms in total. The van der Waals surface area contributed by atoms with Crippen LogP contribution >= 0.6 is 11.3 Å². The second-order valence-electron chi connectivity index (χ2n) is 4.93. The molecule has 2 heterocycles. The molecule has 0 aromatic carbocycles. The standard InChI is InChI=1S/C13H22N4O3S/c1-3-4-5-11-15-16-12(21-11)14-13(18)17-6-7-20-10(8-17)9-19-2/h10H,3-9H2,1-2H3,(H,14,16,18). The number of aromatic nitrogens is 2. The molecule has 1 N–H and O–H groups in total. The van der Waals surface area contributed by atoms with Gasteiger partial charge in [-0.05, 0) is 6.42 Å². The lowest BCUT2D eigenvalue weighted by Gasteiger charge is -2.32. The third kappa shape index (κ3) is 4.90. The Kier molecular flexibility index (Phi) is 6.34. The van der Waals surface area contributed by atoms with Crippen LogP contribution in [0.5, 0.6) is 0 Å². The van der Waals surface area contributed by atoms with Gasteiger partial charge in [0.1, 0.15) is 5.01 Å². The van der Waals surface area contributed by atoms with E-state index in [9.17, 15) is 4.79 Å². The Balaban J connectivity index is 1.84. The molecule has 1 fully saturated rings. The van der Waals surface area contributed by atoms with Gasteiger partial charge in [-0.15, -0.1) is 10.2 Å². The topological polar surface area (TPSA) is 76.6 Å². The van der Waals surface area contributed by atoms with Crippen LogP contribution in [-0.4, -0.2) is 60.6 Å². The number of hydrogen-bond donors (Lipinski definition) is 1. The maximum atomic E-state index is 12.2. The highest BCUT2D eigenvalue weighted by molar-refractivity contribution is 7.15. The number of morpholine rings is 1. The van der Waals surface area contributed by atoms with E-state index in [1.807, 2.05) is 0 Å². The zero-order chi connectivity index (χ0) is 15.1. The Bertz CT molecular complexity index is 452. The lowest BCUT2D eigenvalue weighted by molar-refractivity contribution is -0.0481. The molecule has 1 aromatic rings. The molecule has 118 valence electrons. The Morgan fingerprint density at radius 2 is 2.43 bits per heavy atom. The van der Waals surface area contributed by atoms with Gasteiger partial charge < -0.3 is 14.4 Å². The Morgan fingerprint density at radius 3 is 3.19 bits per heavy atom. The molecule has 0 aliphatic carbocycles. The summed E-state index contributed by atoms with van der Waals surface area (Å²) < 4.78 is 10.6. The van der Waals surface area contributed by atoms with Crippen LogP contribution in [0.1, 0.15) is 24.8 Å². The van der Waals surface area contributed by atoms with Crippen molar-refractivity contribution in [3.05, 3.63) is 5.01 Å². The maximum Gasteiger partial charge on any atom is 0.323 e. The molecule has 0 radical (unpaired) electrons. The molecule has 1 unspecified atom stereocenters. The molecular weight excluding hydrogens is 292 g/mol. The number of anilines is 1. The molecule has 21 heavy (non-hydrogen) atoms. The molecule has 1 saturated heterocycles. The first-order valence-electron chi connectivity index (χ1n) is 7.21. The van der Waals surface area contributed by atoms with Gasteiger partial charge in [-0.25, -0.2) is 4.79 Å². The fraction of sp³-hybridized carbons (Fsp3) is 0.769. The van der Waals surface area contributed by atoms with Gasteiger partial charge in [-0.1, -0.05) is 24.7 Å². The number of rotatable bonds is 6. The quantitative estimate of drug-likeness (QED) is 0.866. The number of ether oxygens (including phenoxy) is 2. The predicted molar refractivity (Wildman–Crippen MR) is 80.7 cm³/mol. The van der Waals surface area contributed by atoms with Gasteiger partial charge >= 0.3 is 6.03 Å². The second-order valence-corrected chi connectivity index (χ2v) is 5.99. The minimum absolute atomic E-state index is 0.0657. The zero-order valence-electron chi connectivity index (χ0n) is 12.5. The van der Waals surface area contributed by atoms with Gasteiger partial charge in [0.15, 0.2) is 0 Å². The minimum Gasteiger partial charge on any atom is -0.382 e. The van der Waals surface area contributed by atoms with Crippen molar-refractivity contribution in [1.29, 1.82) is 0 Å². The van der Waals surface area contributed by atoms with E-state index in [0.29, 0.717) is 31.4 Å². The van der Waals surface area contributed by atoms with Crippen molar-refractivity contribution in [2.75, 3.05) is 38.7 Å². The van der Waals surface area contributed by atoms with E-state index >= 15 is 0 Å². The highest BCUT2D eigenvalue weighted by Crippen LogP contribution is 2.18. The number of unbranched alkanes of at least 4 members (excludes halogenated alkanes) is 1. The van der Waals surface area contributed by atoms with E-state index in [4.69, 9.17) is 9.47 Å². The van der Waals surface area contributed by atoms with Crippen molar-refractivity contribution in [3.8, 4) is 0 Å². The predicted octanol–water partition coefficient (Wildman–Crippen LogP) is 1.76. The van der Waals surface area contributed by atoms with Gasteiger partial charge in [0, 0.05) is 20.1 Å². The normalized spacial score (nSPS) is 18.8. The van der Waals surface area contributed by atoms with Crippen LogP contribution in [-0.2, 0) is 15.9 Å². The van der Waals surface area contributed by atoms with Gasteiger partial charge in [-0.2, -0.15) is 0 Å². The largest absolute Gasteiger partial charge is 0.382 e. The summed E-state index contributed by atoms with van der Waals surface area (Å²) in [6.45, 7) is 4.26. The van der Waals surface area contributed by atoms with Gasteiger partial charge in [-0.3, -0.25) is 5.32 Å². The highest BCUT2D eigenvalue weighted by atomic mass is 32.1. The van der Waals surface area contributed by atoms with Crippen LogP contribution in [0.25, 0.3) is 0 Å². The molecule has 1 aromatic heterocycles. The lowest BCUT2D eigenvalue weighted by atomic mass is 10.3. The first-order valence-corrected chi connectivity index (χ1v) is 8.03. The highest BCUT2D eigenvalue weighted by Gasteiger charge is 2.24. The van der Waals surface area contributed by atoms with Gasteiger partial charge in [0.05, 0.1) is 25.9 Å². The fourth-order valence-electron chi connectivity index (χ4n) is 2.09. The van der Waals surface area contributed by atoms with Crippen LogP contribution in [0.2, 0.25) is 0 Å². The molecule has 1 atom stereocenters. The third-order valence-corrected chi connectivity index (χ3v) is 4.10. The lowest BCUT2D eigenvalue weighted by Crippen LogP contribution is -2.48. The van der Waals surface area contributed by atoms with Crippen molar-refractivity contribution in [1.82, 2.24) is 15.1 Å². The summed E-state index contributed by atoms with van der Waals surface area (Å²) in [6.07, 6.45) is 3.06. The van der Waals surface area contributed by atoms with Gasteiger partial charge in [0.2, 0.25) is 5.13 Å². The third-order valence-electron chi connectivity index (χ3n) is 3.20. The molecule has 8 heteroatoms. The number of methoxy groups -OCH3 is 1. The monoisotopic (exact) mass is 314 g/mol. The maximum absolute atomic E-state index is 12.2. The smallest absolute Gasteiger partial charge is 0.323 e. The minimum atomic E-state index is -0.155. The van der Waals surface area contributed by atoms with E-state index in [1.165, 1.54) is 11.3 Å². The van der Waals surface area contributed by atoms with Crippen molar-refractivity contribution < 1.29 is 14.3 Å².